The van der Waals surface area contributed by atoms with Gasteiger partial charge in [0.15, 0.2) is 6.23 Å². The molecule has 0 bridgehead atoms. The van der Waals surface area contributed by atoms with Crippen molar-refractivity contribution in [2.24, 2.45) is 0 Å². The molecule has 6 nitrogen and oxygen atoms in total. The molecule has 0 unspecified atom stereocenters. The van der Waals surface area contributed by atoms with Crippen LogP contribution < -0.4 is 5.32 Å². The molecule has 118 valence electrons. The number of ether oxygens (including phenoxy) is 1. The highest BCUT2D eigenvalue weighted by molar-refractivity contribution is 7.86. The van der Waals surface area contributed by atoms with Crippen LogP contribution in [-0.2, 0) is 25.5 Å². The van der Waals surface area contributed by atoms with Crippen LogP contribution in [0, 0.1) is 0 Å². The SMILES string of the molecule is CC(C)(C)OC(=O)N[C@@H](Cc1ccccc1)OS(C)(=O)=O. The van der Waals surface area contributed by atoms with E-state index in [2.05, 4.69) is 5.32 Å². The van der Waals surface area contributed by atoms with Gasteiger partial charge >= 0.3 is 6.09 Å². The molecule has 0 aliphatic heterocycles. The summed E-state index contributed by atoms with van der Waals surface area (Å²) < 4.78 is 32.6. The maximum atomic E-state index is 11.7. The lowest BCUT2D eigenvalue weighted by Gasteiger charge is -2.23. The first-order chi connectivity index (χ1) is 9.55. The highest BCUT2D eigenvalue weighted by Crippen LogP contribution is 2.10. The normalized spacial score (nSPS) is 13.5. The van der Waals surface area contributed by atoms with E-state index in [0.29, 0.717) is 0 Å². The Morgan fingerprint density at radius 1 is 1.24 bits per heavy atom. The van der Waals surface area contributed by atoms with Crippen LogP contribution in [0.3, 0.4) is 0 Å². The molecule has 1 N–H and O–H groups in total. The molecule has 1 amide bonds. The molecule has 7 heteroatoms. The molecule has 1 atom stereocenters. The van der Waals surface area contributed by atoms with Gasteiger partial charge in [0.2, 0.25) is 0 Å². The average molecular weight is 315 g/mol. The number of benzene rings is 1. The van der Waals surface area contributed by atoms with E-state index >= 15 is 0 Å². The number of alkyl carbamates (subject to hydrolysis) is 1. The Kier molecular flexibility index (Phi) is 5.74. The van der Waals surface area contributed by atoms with Crippen LogP contribution >= 0.6 is 0 Å². The van der Waals surface area contributed by atoms with Gasteiger partial charge in [-0.3, -0.25) is 5.32 Å². The molecule has 0 radical (unpaired) electrons. The Morgan fingerprint density at radius 3 is 2.29 bits per heavy atom. The fourth-order valence-electron chi connectivity index (χ4n) is 1.59. The van der Waals surface area contributed by atoms with E-state index in [-0.39, 0.29) is 6.42 Å². The molecule has 1 aromatic carbocycles. The van der Waals surface area contributed by atoms with Gasteiger partial charge in [-0.05, 0) is 26.3 Å². The zero-order valence-electron chi connectivity index (χ0n) is 12.6. The van der Waals surface area contributed by atoms with Gasteiger partial charge in [0, 0.05) is 6.42 Å². The minimum Gasteiger partial charge on any atom is -0.444 e. The van der Waals surface area contributed by atoms with E-state index in [0.717, 1.165) is 11.8 Å². The van der Waals surface area contributed by atoms with Gasteiger partial charge in [-0.2, -0.15) is 8.42 Å². The number of hydrogen-bond acceptors (Lipinski definition) is 5. The van der Waals surface area contributed by atoms with Gasteiger partial charge in [0.05, 0.1) is 6.26 Å². The molecule has 0 fully saturated rings. The lowest BCUT2D eigenvalue weighted by molar-refractivity contribution is 0.0405. The van der Waals surface area contributed by atoms with Gasteiger partial charge in [-0.1, -0.05) is 30.3 Å². The van der Waals surface area contributed by atoms with Crippen molar-refractivity contribution < 1.29 is 22.1 Å². The molecule has 1 aromatic rings. The van der Waals surface area contributed by atoms with Crippen molar-refractivity contribution in [1.29, 1.82) is 0 Å². The molecule has 0 aliphatic carbocycles. The van der Waals surface area contributed by atoms with Gasteiger partial charge in [0.25, 0.3) is 10.1 Å². The minimum absolute atomic E-state index is 0.215. The summed E-state index contributed by atoms with van der Waals surface area (Å²) >= 11 is 0. The van der Waals surface area contributed by atoms with Crippen LogP contribution in [0.25, 0.3) is 0 Å². The van der Waals surface area contributed by atoms with E-state index < -0.39 is 28.0 Å². The second-order valence-corrected chi connectivity index (χ2v) is 7.23. The van der Waals surface area contributed by atoms with Crippen molar-refractivity contribution in [3.8, 4) is 0 Å². The van der Waals surface area contributed by atoms with Crippen molar-refractivity contribution in [1.82, 2.24) is 5.32 Å². The summed E-state index contributed by atoms with van der Waals surface area (Å²) in [6.45, 7) is 5.16. The number of hydrogen-bond donors (Lipinski definition) is 1. The first-order valence-corrected chi connectivity index (χ1v) is 8.28. The predicted molar refractivity (Wildman–Crippen MR) is 79.2 cm³/mol. The smallest absolute Gasteiger partial charge is 0.409 e. The highest BCUT2D eigenvalue weighted by atomic mass is 32.2. The Hall–Kier alpha value is -1.60. The van der Waals surface area contributed by atoms with Gasteiger partial charge in [0.1, 0.15) is 5.60 Å². The third kappa shape index (κ3) is 8.31. The maximum absolute atomic E-state index is 11.7. The summed E-state index contributed by atoms with van der Waals surface area (Å²) in [6.07, 6.45) is -0.598. The molecular weight excluding hydrogens is 294 g/mol. The van der Waals surface area contributed by atoms with Crippen molar-refractivity contribution in [2.75, 3.05) is 6.26 Å². The van der Waals surface area contributed by atoms with Crippen LogP contribution in [0.5, 0.6) is 0 Å². The van der Waals surface area contributed by atoms with E-state index in [1.807, 2.05) is 30.3 Å². The van der Waals surface area contributed by atoms with Crippen molar-refractivity contribution in [3.05, 3.63) is 35.9 Å². The fourth-order valence-corrected chi connectivity index (χ4v) is 2.13. The topological polar surface area (TPSA) is 81.7 Å². The van der Waals surface area contributed by atoms with E-state index in [9.17, 15) is 13.2 Å². The number of rotatable bonds is 5. The average Bonchev–Trinajstić information content (AvgIpc) is 2.24. The monoisotopic (exact) mass is 315 g/mol. The highest BCUT2D eigenvalue weighted by Gasteiger charge is 2.22. The zero-order chi connectivity index (χ0) is 16.1. The molecule has 0 heterocycles. The summed E-state index contributed by atoms with van der Waals surface area (Å²) in [5.41, 5.74) is 0.161. The van der Waals surface area contributed by atoms with Crippen LogP contribution in [0.2, 0.25) is 0 Å². The van der Waals surface area contributed by atoms with E-state index in [1.54, 1.807) is 20.8 Å². The number of nitrogens with one attached hydrogen (secondary N) is 1. The molecule has 0 spiro atoms. The summed E-state index contributed by atoms with van der Waals surface area (Å²) in [6, 6.07) is 9.11. The van der Waals surface area contributed by atoms with Crippen molar-refractivity contribution in [3.63, 3.8) is 0 Å². The van der Waals surface area contributed by atoms with E-state index in [1.165, 1.54) is 0 Å². The minimum atomic E-state index is -3.70. The molecule has 21 heavy (non-hydrogen) atoms. The van der Waals surface area contributed by atoms with Crippen LogP contribution in [0.1, 0.15) is 26.3 Å². The largest absolute Gasteiger partial charge is 0.444 e. The van der Waals surface area contributed by atoms with Gasteiger partial charge in [-0.25, -0.2) is 8.98 Å². The second-order valence-electron chi connectivity index (χ2n) is 5.62. The molecule has 0 aliphatic rings. The third-order valence-corrected chi connectivity index (χ3v) is 2.81. The van der Waals surface area contributed by atoms with Crippen molar-refractivity contribution in [2.45, 2.75) is 39.0 Å². The fraction of sp³-hybridized carbons (Fsp3) is 0.500. The number of carbonyl (C=O) groups excluding carboxylic acids is 1. The molecule has 0 saturated heterocycles. The molecule has 0 aromatic heterocycles. The Labute approximate surface area is 125 Å². The molecule has 0 saturated carbocycles. The first-order valence-electron chi connectivity index (χ1n) is 6.47. The van der Waals surface area contributed by atoms with Crippen LogP contribution in [-0.4, -0.2) is 32.6 Å². The van der Waals surface area contributed by atoms with Crippen LogP contribution in [0.4, 0.5) is 4.79 Å². The molecular formula is C14H21NO5S. The number of amides is 1. The second kappa shape index (κ2) is 6.91. The van der Waals surface area contributed by atoms with Crippen LogP contribution in [0.15, 0.2) is 30.3 Å². The summed E-state index contributed by atoms with van der Waals surface area (Å²) in [4.78, 5) is 11.7. The summed E-state index contributed by atoms with van der Waals surface area (Å²) in [7, 11) is -3.70. The van der Waals surface area contributed by atoms with E-state index in [4.69, 9.17) is 8.92 Å². The Balaban J connectivity index is 2.76. The maximum Gasteiger partial charge on any atom is 0.409 e. The third-order valence-electron chi connectivity index (χ3n) is 2.23. The first kappa shape index (κ1) is 17.5. The lowest BCUT2D eigenvalue weighted by Crippen LogP contribution is -2.42. The standard InChI is InChI=1S/C14H21NO5S/c1-14(2,3)19-13(16)15-12(20-21(4,17)18)10-11-8-6-5-7-9-11/h5-9,12H,10H2,1-4H3,(H,15,16)/t12-/m1/s1. The zero-order valence-corrected chi connectivity index (χ0v) is 13.4. The Bertz CT molecular complexity index is 563. The van der Waals surface area contributed by atoms with Gasteiger partial charge in [-0.15, -0.1) is 0 Å². The summed E-state index contributed by atoms with van der Waals surface area (Å²) in [5.74, 6) is 0. The predicted octanol–water partition coefficient (Wildman–Crippen LogP) is 2.06. The Morgan fingerprint density at radius 2 is 1.81 bits per heavy atom. The van der Waals surface area contributed by atoms with Gasteiger partial charge < -0.3 is 4.74 Å². The number of carbonyl (C=O) groups is 1. The molecule has 1 rings (SSSR count). The summed E-state index contributed by atoms with van der Waals surface area (Å²) in [5, 5.41) is 2.42. The quantitative estimate of drug-likeness (QED) is 0.664. The van der Waals surface area contributed by atoms with Crippen molar-refractivity contribution >= 4 is 16.2 Å². The lowest BCUT2D eigenvalue weighted by atomic mass is 10.1.